The molecule has 0 bridgehead atoms. The SMILES string of the molecule is Cc1ccc(Nc2ncnc3sc4c(c23)CCCCC4)c(C)c1. The highest BCUT2D eigenvalue weighted by Gasteiger charge is 2.19. The first-order valence-electron chi connectivity index (χ1n) is 8.32. The fourth-order valence-corrected chi connectivity index (χ4v) is 4.67. The Morgan fingerprint density at radius 1 is 1.04 bits per heavy atom. The van der Waals surface area contributed by atoms with Crippen molar-refractivity contribution in [3.63, 3.8) is 0 Å². The molecule has 118 valence electrons. The van der Waals surface area contributed by atoms with Crippen LogP contribution in [-0.4, -0.2) is 9.97 Å². The first-order chi connectivity index (χ1) is 11.2. The Kier molecular flexibility index (Phi) is 3.77. The molecule has 4 heteroatoms. The fraction of sp³-hybridized carbons (Fsp3) is 0.368. The van der Waals surface area contributed by atoms with Crippen LogP contribution < -0.4 is 5.32 Å². The first kappa shape index (κ1) is 14.6. The third-order valence-corrected chi connectivity index (χ3v) is 5.84. The van der Waals surface area contributed by atoms with Gasteiger partial charge in [-0.05, 0) is 56.7 Å². The topological polar surface area (TPSA) is 37.8 Å². The number of aryl methyl sites for hydroxylation is 4. The molecule has 0 aliphatic heterocycles. The average molecular weight is 323 g/mol. The first-order valence-corrected chi connectivity index (χ1v) is 9.13. The Morgan fingerprint density at radius 3 is 2.78 bits per heavy atom. The van der Waals surface area contributed by atoms with Crippen LogP contribution in [0.2, 0.25) is 0 Å². The third kappa shape index (κ3) is 2.72. The van der Waals surface area contributed by atoms with Crippen LogP contribution >= 0.6 is 11.3 Å². The zero-order valence-corrected chi connectivity index (χ0v) is 14.5. The molecule has 1 aliphatic carbocycles. The highest BCUT2D eigenvalue weighted by atomic mass is 32.1. The summed E-state index contributed by atoms with van der Waals surface area (Å²) in [4.78, 5) is 11.7. The van der Waals surface area contributed by atoms with Gasteiger partial charge in [0, 0.05) is 10.6 Å². The predicted octanol–water partition coefficient (Wildman–Crippen LogP) is 5.32. The minimum Gasteiger partial charge on any atom is -0.339 e. The molecule has 0 saturated carbocycles. The lowest BCUT2D eigenvalue weighted by Crippen LogP contribution is -1.98. The minimum absolute atomic E-state index is 0.960. The second-order valence-corrected chi connectivity index (χ2v) is 7.49. The molecule has 0 fully saturated rings. The Labute approximate surface area is 140 Å². The lowest BCUT2D eigenvalue weighted by atomic mass is 10.1. The largest absolute Gasteiger partial charge is 0.339 e. The van der Waals surface area contributed by atoms with Gasteiger partial charge >= 0.3 is 0 Å². The van der Waals surface area contributed by atoms with E-state index in [-0.39, 0.29) is 0 Å². The van der Waals surface area contributed by atoms with Crippen LogP contribution in [0.5, 0.6) is 0 Å². The van der Waals surface area contributed by atoms with Gasteiger partial charge in [0.05, 0.1) is 5.39 Å². The molecular weight excluding hydrogens is 302 g/mol. The molecule has 1 aliphatic rings. The third-order valence-electron chi connectivity index (χ3n) is 4.64. The lowest BCUT2D eigenvalue weighted by Gasteiger charge is -2.11. The van der Waals surface area contributed by atoms with E-state index < -0.39 is 0 Å². The summed E-state index contributed by atoms with van der Waals surface area (Å²) in [5, 5.41) is 4.80. The molecule has 2 heterocycles. The standard InChI is InChI=1S/C19H21N3S/c1-12-8-9-15(13(2)10-12)22-18-17-14-6-4-3-5-7-16(14)23-19(17)21-11-20-18/h8-11H,3-7H2,1-2H3,(H,20,21,22). The lowest BCUT2D eigenvalue weighted by molar-refractivity contribution is 0.713. The number of rotatable bonds is 2. The molecule has 0 spiro atoms. The Morgan fingerprint density at radius 2 is 1.91 bits per heavy atom. The van der Waals surface area contributed by atoms with Crippen molar-refractivity contribution in [2.24, 2.45) is 0 Å². The molecule has 3 aromatic rings. The van der Waals surface area contributed by atoms with E-state index >= 15 is 0 Å². The van der Waals surface area contributed by atoms with Gasteiger partial charge in [-0.15, -0.1) is 11.3 Å². The van der Waals surface area contributed by atoms with Crippen LogP contribution in [0.1, 0.15) is 40.8 Å². The maximum atomic E-state index is 4.56. The molecular formula is C19H21N3S. The maximum absolute atomic E-state index is 4.56. The van der Waals surface area contributed by atoms with Crippen LogP contribution in [0.15, 0.2) is 24.5 Å². The molecule has 0 unspecified atom stereocenters. The van der Waals surface area contributed by atoms with Gasteiger partial charge in [-0.25, -0.2) is 9.97 Å². The van der Waals surface area contributed by atoms with Crippen LogP contribution in [-0.2, 0) is 12.8 Å². The van der Waals surface area contributed by atoms with Crippen LogP contribution in [0, 0.1) is 13.8 Å². The minimum atomic E-state index is 0.960. The zero-order chi connectivity index (χ0) is 15.8. The van der Waals surface area contributed by atoms with Crippen molar-refractivity contribution in [1.82, 2.24) is 9.97 Å². The summed E-state index contributed by atoms with van der Waals surface area (Å²) < 4.78 is 0. The van der Waals surface area contributed by atoms with E-state index in [0.717, 1.165) is 22.8 Å². The van der Waals surface area contributed by atoms with E-state index in [4.69, 9.17) is 0 Å². The van der Waals surface area contributed by atoms with Crippen LogP contribution in [0.25, 0.3) is 10.2 Å². The van der Waals surface area contributed by atoms with Gasteiger partial charge in [-0.3, -0.25) is 0 Å². The summed E-state index contributed by atoms with van der Waals surface area (Å²) in [5.74, 6) is 0.960. The smallest absolute Gasteiger partial charge is 0.142 e. The predicted molar refractivity (Wildman–Crippen MR) is 97.9 cm³/mol. The maximum Gasteiger partial charge on any atom is 0.142 e. The summed E-state index contributed by atoms with van der Waals surface area (Å²) >= 11 is 1.85. The Balaban J connectivity index is 1.82. The fourth-order valence-electron chi connectivity index (χ4n) is 3.44. The molecule has 23 heavy (non-hydrogen) atoms. The number of anilines is 2. The van der Waals surface area contributed by atoms with Gasteiger partial charge in [-0.1, -0.05) is 24.1 Å². The van der Waals surface area contributed by atoms with E-state index in [1.165, 1.54) is 52.6 Å². The molecule has 1 N–H and O–H groups in total. The molecule has 0 radical (unpaired) electrons. The molecule has 2 aromatic heterocycles. The van der Waals surface area contributed by atoms with Gasteiger partial charge in [0.25, 0.3) is 0 Å². The van der Waals surface area contributed by atoms with Crippen molar-refractivity contribution in [2.75, 3.05) is 5.32 Å². The number of thiophene rings is 1. The number of nitrogens with zero attached hydrogens (tertiary/aromatic N) is 2. The second-order valence-electron chi connectivity index (χ2n) is 6.41. The number of hydrogen-bond acceptors (Lipinski definition) is 4. The Bertz CT molecular complexity index is 866. The number of nitrogens with one attached hydrogen (secondary N) is 1. The molecule has 4 rings (SSSR count). The van der Waals surface area contributed by atoms with Gasteiger partial charge in [-0.2, -0.15) is 0 Å². The van der Waals surface area contributed by atoms with Crippen molar-refractivity contribution in [1.29, 1.82) is 0 Å². The number of benzene rings is 1. The number of fused-ring (bicyclic) bond motifs is 3. The molecule has 0 saturated heterocycles. The summed E-state index contributed by atoms with van der Waals surface area (Å²) in [5.41, 5.74) is 5.14. The van der Waals surface area contributed by atoms with Gasteiger partial charge in [0.2, 0.25) is 0 Å². The van der Waals surface area contributed by atoms with E-state index in [0.29, 0.717) is 0 Å². The molecule has 0 amide bonds. The van der Waals surface area contributed by atoms with Crippen molar-refractivity contribution >= 4 is 33.1 Å². The molecule has 3 nitrogen and oxygen atoms in total. The zero-order valence-electron chi connectivity index (χ0n) is 13.6. The van der Waals surface area contributed by atoms with E-state index in [2.05, 4.69) is 47.3 Å². The number of aromatic nitrogens is 2. The van der Waals surface area contributed by atoms with Crippen LogP contribution in [0.3, 0.4) is 0 Å². The van der Waals surface area contributed by atoms with Crippen molar-refractivity contribution in [3.8, 4) is 0 Å². The van der Waals surface area contributed by atoms with Crippen molar-refractivity contribution < 1.29 is 0 Å². The normalized spacial score (nSPS) is 14.5. The van der Waals surface area contributed by atoms with Crippen molar-refractivity contribution in [3.05, 3.63) is 46.1 Å². The molecule has 1 aromatic carbocycles. The molecule has 0 atom stereocenters. The van der Waals surface area contributed by atoms with E-state index in [9.17, 15) is 0 Å². The van der Waals surface area contributed by atoms with Gasteiger partial charge in [0.1, 0.15) is 17.0 Å². The highest BCUT2D eigenvalue weighted by Crippen LogP contribution is 2.38. The summed E-state index contributed by atoms with van der Waals surface area (Å²) in [6.45, 7) is 4.26. The number of hydrogen-bond donors (Lipinski definition) is 1. The van der Waals surface area contributed by atoms with Crippen molar-refractivity contribution in [2.45, 2.75) is 46.0 Å². The summed E-state index contributed by atoms with van der Waals surface area (Å²) in [6.07, 6.45) is 7.94. The van der Waals surface area contributed by atoms with Gasteiger partial charge in [0.15, 0.2) is 0 Å². The quantitative estimate of drug-likeness (QED) is 0.649. The summed E-state index contributed by atoms with van der Waals surface area (Å²) in [7, 11) is 0. The summed E-state index contributed by atoms with van der Waals surface area (Å²) in [6, 6.07) is 6.49. The highest BCUT2D eigenvalue weighted by molar-refractivity contribution is 7.18. The Hall–Kier alpha value is -1.94. The van der Waals surface area contributed by atoms with Gasteiger partial charge < -0.3 is 5.32 Å². The monoisotopic (exact) mass is 323 g/mol. The van der Waals surface area contributed by atoms with Crippen LogP contribution in [0.4, 0.5) is 11.5 Å². The van der Waals surface area contributed by atoms with E-state index in [1.807, 2.05) is 11.3 Å². The van der Waals surface area contributed by atoms with E-state index in [1.54, 1.807) is 6.33 Å². The average Bonchev–Trinajstić information content (AvgIpc) is 2.73. The second kappa shape index (κ2) is 5.93.